The molecule has 0 aliphatic heterocycles. The Kier molecular flexibility index (Phi) is 4.11. The van der Waals surface area contributed by atoms with Gasteiger partial charge in [-0.3, -0.25) is 0 Å². The Labute approximate surface area is 134 Å². The SMILES string of the molecule is O=C(O)c1ccc2c(c1)CC(NCc1cnc(C(F)(F)F)s1)C2. The molecule has 1 aromatic heterocycles. The predicted molar refractivity (Wildman–Crippen MR) is 78.6 cm³/mol. The summed E-state index contributed by atoms with van der Waals surface area (Å²) in [5.41, 5.74) is 2.30. The van der Waals surface area contributed by atoms with E-state index in [1.807, 2.05) is 0 Å². The number of hydrogen-bond acceptors (Lipinski definition) is 4. The molecule has 8 heteroatoms. The quantitative estimate of drug-likeness (QED) is 0.896. The average Bonchev–Trinajstić information content (AvgIpc) is 3.10. The number of nitrogens with zero attached hydrogens (tertiary/aromatic N) is 1. The normalized spacial score (nSPS) is 17.3. The molecule has 1 unspecified atom stereocenters. The molecule has 4 nitrogen and oxygen atoms in total. The number of carbonyl (C=O) groups is 1. The fraction of sp³-hybridized carbons (Fsp3) is 0.333. The highest BCUT2D eigenvalue weighted by atomic mass is 32.1. The van der Waals surface area contributed by atoms with E-state index >= 15 is 0 Å². The molecule has 0 saturated heterocycles. The lowest BCUT2D eigenvalue weighted by Crippen LogP contribution is -2.28. The van der Waals surface area contributed by atoms with Crippen molar-refractivity contribution < 1.29 is 23.1 Å². The fourth-order valence-electron chi connectivity index (χ4n) is 2.66. The maximum absolute atomic E-state index is 12.5. The van der Waals surface area contributed by atoms with Crippen LogP contribution in [-0.4, -0.2) is 22.1 Å². The lowest BCUT2D eigenvalue weighted by atomic mass is 10.1. The number of carboxylic acids is 1. The molecule has 0 radical (unpaired) electrons. The van der Waals surface area contributed by atoms with Crippen molar-refractivity contribution in [1.82, 2.24) is 10.3 Å². The number of nitrogens with one attached hydrogen (secondary N) is 1. The van der Waals surface area contributed by atoms with Crippen molar-refractivity contribution in [2.75, 3.05) is 0 Å². The van der Waals surface area contributed by atoms with Gasteiger partial charge in [-0.2, -0.15) is 13.2 Å². The molecule has 3 rings (SSSR count). The molecular weight excluding hydrogens is 329 g/mol. The first kappa shape index (κ1) is 15.9. The highest BCUT2D eigenvalue weighted by Crippen LogP contribution is 2.32. The number of benzene rings is 1. The molecule has 2 aromatic rings. The van der Waals surface area contributed by atoms with Gasteiger partial charge in [0.05, 0.1) is 5.56 Å². The number of aromatic nitrogens is 1. The molecule has 2 N–H and O–H groups in total. The summed E-state index contributed by atoms with van der Waals surface area (Å²) < 4.78 is 37.5. The topological polar surface area (TPSA) is 62.2 Å². The van der Waals surface area contributed by atoms with Crippen LogP contribution in [0.5, 0.6) is 0 Å². The van der Waals surface area contributed by atoms with Crippen LogP contribution in [0, 0.1) is 0 Å². The minimum absolute atomic E-state index is 0.0884. The van der Waals surface area contributed by atoms with Gasteiger partial charge in [0.2, 0.25) is 0 Å². The molecular formula is C15H13F3N2O2S. The van der Waals surface area contributed by atoms with Crippen molar-refractivity contribution in [2.24, 2.45) is 0 Å². The number of alkyl halides is 3. The van der Waals surface area contributed by atoms with Crippen LogP contribution in [0.4, 0.5) is 13.2 Å². The van der Waals surface area contributed by atoms with E-state index in [2.05, 4.69) is 10.3 Å². The smallest absolute Gasteiger partial charge is 0.443 e. The standard InChI is InChI=1S/C15H13F3N2O2S/c16-15(17,18)14-20-7-12(23-14)6-19-11-4-8-1-2-9(13(21)22)3-10(8)5-11/h1-3,7,11,19H,4-6H2,(H,21,22). The summed E-state index contributed by atoms with van der Waals surface area (Å²) in [6.07, 6.45) is -1.76. The third-order valence-corrected chi connectivity index (χ3v) is 4.79. The Bertz CT molecular complexity index is 743. The van der Waals surface area contributed by atoms with Gasteiger partial charge in [0, 0.05) is 23.7 Å². The number of carboxylic acid groups (broad SMARTS) is 1. The monoisotopic (exact) mass is 342 g/mol. The zero-order chi connectivity index (χ0) is 16.6. The molecule has 0 spiro atoms. The zero-order valence-corrected chi connectivity index (χ0v) is 12.7. The van der Waals surface area contributed by atoms with Crippen molar-refractivity contribution in [3.8, 4) is 0 Å². The van der Waals surface area contributed by atoms with E-state index in [4.69, 9.17) is 5.11 Å². The van der Waals surface area contributed by atoms with Crippen molar-refractivity contribution in [3.05, 3.63) is 51.0 Å². The maximum Gasteiger partial charge on any atom is 0.443 e. The summed E-state index contributed by atoms with van der Waals surface area (Å²) in [7, 11) is 0. The molecule has 1 aliphatic rings. The van der Waals surface area contributed by atoms with Crippen LogP contribution in [0.3, 0.4) is 0 Å². The summed E-state index contributed by atoms with van der Waals surface area (Å²) in [6, 6.07) is 5.12. The second kappa shape index (κ2) is 5.93. The molecule has 0 amide bonds. The Hall–Kier alpha value is -1.93. The lowest BCUT2D eigenvalue weighted by molar-refractivity contribution is -0.137. The highest BCUT2D eigenvalue weighted by molar-refractivity contribution is 7.11. The van der Waals surface area contributed by atoms with Crippen LogP contribution in [-0.2, 0) is 25.6 Å². The van der Waals surface area contributed by atoms with Crippen molar-refractivity contribution in [2.45, 2.75) is 31.6 Å². The second-order valence-corrected chi connectivity index (χ2v) is 6.52. The van der Waals surface area contributed by atoms with Crippen LogP contribution in [0.25, 0.3) is 0 Å². The third-order valence-electron chi connectivity index (χ3n) is 3.75. The van der Waals surface area contributed by atoms with Crippen LogP contribution in [0.2, 0.25) is 0 Å². The molecule has 1 aliphatic carbocycles. The van der Waals surface area contributed by atoms with E-state index in [1.54, 1.807) is 18.2 Å². The van der Waals surface area contributed by atoms with Crippen LogP contribution < -0.4 is 5.32 Å². The summed E-state index contributed by atoms with van der Waals surface area (Å²) in [5, 5.41) is 11.4. The Morgan fingerprint density at radius 1 is 1.35 bits per heavy atom. The number of thiazole rings is 1. The molecule has 0 fully saturated rings. The number of fused-ring (bicyclic) bond motifs is 1. The number of halogens is 3. The Morgan fingerprint density at radius 2 is 2.09 bits per heavy atom. The van der Waals surface area contributed by atoms with E-state index in [0.717, 1.165) is 17.5 Å². The molecule has 122 valence electrons. The molecule has 0 bridgehead atoms. The first-order valence-corrected chi connectivity index (χ1v) is 7.75. The average molecular weight is 342 g/mol. The lowest BCUT2D eigenvalue weighted by Gasteiger charge is -2.10. The molecule has 1 atom stereocenters. The second-order valence-electron chi connectivity index (χ2n) is 5.40. The van der Waals surface area contributed by atoms with Gasteiger partial charge in [-0.05, 0) is 36.1 Å². The largest absolute Gasteiger partial charge is 0.478 e. The van der Waals surface area contributed by atoms with Gasteiger partial charge in [-0.1, -0.05) is 6.07 Å². The van der Waals surface area contributed by atoms with E-state index < -0.39 is 17.2 Å². The van der Waals surface area contributed by atoms with Crippen molar-refractivity contribution in [1.29, 1.82) is 0 Å². The van der Waals surface area contributed by atoms with Gasteiger partial charge in [-0.25, -0.2) is 9.78 Å². The van der Waals surface area contributed by atoms with Crippen molar-refractivity contribution in [3.63, 3.8) is 0 Å². The molecule has 23 heavy (non-hydrogen) atoms. The van der Waals surface area contributed by atoms with Crippen molar-refractivity contribution >= 4 is 17.3 Å². The minimum atomic E-state index is -4.40. The van der Waals surface area contributed by atoms with Crippen LogP contribution in [0.15, 0.2) is 24.4 Å². The van der Waals surface area contributed by atoms with E-state index in [0.29, 0.717) is 29.2 Å². The first-order valence-electron chi connectivity index (χ1n) is 6.93. The summed E-state index contributed by atoms with van der Waals surface area (Å²) >= 11 is 0.637. The Balaban J connectivity index is 1.60. The van der Waals surface area contributed by atoms with E-state index in [9.17, 15) is 18.0 Å². The van der Waals surface area contributed by atoms with Gasteiger partial charge < -0.3 is 10.4 Å². The van der Waals surface area contributed by atoms with Gasteiger partial charge in [-0.15, -0.1) is 11.3 Å². The van der Waals surface area contributed by atoms with Gasteiger partial charge in [0.1, 0.15) is 0 Å². The first-order chi connectivity index (χ1) is 10.8. The van der Waals surface area contributed by atoms with Crippen LogP contribution in [0.1, 0.15) is 31.4 Å². The van der Waals surface area contributed by atoms with E-state index in [-0.39, 0.29) is 11.6 Å². The molecule has 1 heterocycles. The number of aromatic carboxylic acids is 1. The number of rotatable bonds is 4. The predicted octanol–water partition coefficient (Wildman–Crippen LogP) is 3.12. The van der Waals surface area contributed by atoms with Crippen LogP contribution >= 0.6 is 11.3 Å². The fourth-order valence-corrected chi connectivity index (χ4v) is 3.39. The minimum Gasteiger partial charge on any atom is -0.478 e. The number of hydrogen-bond donors (Lipinski definition) is 2. The molecule has 0 saturated carbocycles. The van der Waals surface area contributed by atoms with Gasteiger partial charge in [0.15, 0.2) is 5.01 Å². The zero-order valence-electron chi connectivity index (χ0n) is 11.9. The summed E-state index contributed by atoms with van der Waals surface area (Å²) in [6.45, 7) is 0.318. The maximum atomic E-state index is 12.5. The summed E-state index contributed by atoms with van der Waals surface area (Å²) in [4.78, 5) is 14.9. The summed E-state index contributed by atoms with van der Waals surface area (Å²) in [5.74, 6) is -0.964. The van der Waals surface area contributed by atoms with Gasteiger partial charge in [0.25, 0.3) is 0 Å². The molecule has 1 aromatic carbocycles. The Morgan fingerprint density at radius 3 is 2.74 bits per heavy atom. The third kappa shape index (κ3) is 3.53. The van der Waals surface area contributed by atoms with Gasteiger partial charge >= 0.3 is 12.1 Å². The van der Waals surface area contributed by atoms with E-state index in [1.165, 1.54) is 6.20 Å². The highest BCUT2D eigenvalue weighted by Gasteiger charge is 2.34.